The van der Waals surface area contributed by atoms with Crippen molar-refractivity contribution in [1.82, 2.24) is 0 Å². The molecule has 0 saturated heterocycles. The van der Waals surface area contributed by atoms with Crippen LogP contribution >= 0.6 is 0 Å². The maximum Gasteiger partial charge on any atom is -0.00520 e. The molecule has 0 spiro atoms. The van der Waals surface area contributed by atoms with Gasteiger partial charge in [0.05, 0.1) is 0 Å². The van der Waals surface area contributed by atoms with Gasteiger partial charge in [-0.1, -0.05) is 54.1 Å². The highest BCUT2D eigenvalue weighted by Gasteiger charge is 2.32. The van der Waals surface area contributed by atoms with Crippen LogP contribution in [0.4, 0.5) is 0 Å². The Morgan fingerprint density at radius 2 is 1.89 bits per heavy atom. The molecule has 0 saturated carbocycles. The van der Waals surface area contributed by atoms with E-state index in [9.17, 15) is 0 Å². The van der Waals surface area contributed by atoms with Crippen molar-refractivity contribution in [3.63, 3.8) is 0 Å². The second-order valence-electron chi connectivity index (χ2n) is 5.61. The van der Waals surface area contributed by atoms with Crippen molar-refractivity contribution < 1.29 is 0 Å². The summed E-state index contributed by atoms with van der Waals surface area (Å²) in [5.74, 6) is 1.18. The number of nitrogens with two attached hydrogens (primary N) is 1. The normalized spacial score (nSPS) is 21.4. The molecule has 2 aromatic rings. The zero-order chi connectivity index (χ0) is 13.2. The van der Waals surface area contributed by atoms with Crippen molar-refractivity contribution in [2.75, 3.05) is 6.54 Å². The molecule has 1 nitrogen and oxygen atoms in total. The van der Waals surface area contributed by atoms with Gasteiger partial charge in [-0.2, -0.15) is 0 Å². The average Bonchev–Trinajstić information content (AvgIpc) is 2.79. The molecule has 0 heterocycles. The summed E-state index contributed by atoms with van der Waals surface area (Å²) >= 11 is 0. The van der Waals surface area contributed by atoms with Gasteiger partial charge in [-0.15, -0.1) is 0 Å². The van der Waals surface area contributed by atoms with Gasteiger partial charge in [0.15, 0.2) is 0 Å². The second kappa shape index (κ2) is 5.18. The first-order chi connectivity index (χ1) is 9.29. The summed E-state index contributed by atoms with van der Waals surface area (Å²) < 4.78 is 0. The van der Waals surface area contributed by atoms with Gasteiger partial charge in [-0.05, 0) is 54.8 Å². The lowest BCUT2D eigenvalue weighted by molar-refractivity contribution is 0.548. The zero-order valence-corrected chi connectivity index (χ0v) is 11.5. The molecule has 0 fully saturated rings. The van der Waals surface area contributed by atoms with Crippen LogP contribution in [0.5, 0.6) is 0 Å². The SMILES string of the molecule is Cc1ccc2c(c1)C(CCN)C(c1ccccc1)C2. The number of benzene rings is 2. The van der Waals surface area contributed by atoms with Crippen molar-refractivity contribution in [2.45, 2.75) is 31.6 Å². The van der Waals surface area contributed by atoms with Crippen molar-refractivity contribution in [3.05, 3.63) is 70.8 Å². The highest BCUT2D eigenvalue weighted by Crippen LogP contribution is 2.45. The molecule has 0 radical (unpaired) electrons. The van der Waals surface area contributed by atoms with E-state index >= 15 is 0 Å². The van der Waals surface area contributed by atoms with Crippen molar-refractivity contribution in [2.24, 2.45) is 5.73 Å². The van der Waals surface area contributed by atoms with Crippen LogP contribution in [0.1, 0.15) is 40.5 Å². The second-order valence-corrected chi connectivity index (χ2v) is 5.61. The third-order valence-corrected chi connectivity index (χ3v) is 4.33. The molecule has 19 heavy (non-hydrogen) atoms. The molecule has 1 heteroatoms. The molecular weight excluding hydrogens is 230 g/mol. The summed E-state index contributed by atoms with van der Waals surface area (Å²) in [6.07, 6.45) is 2.24. The summed E-state index contributed by atoms with van der Waals surface area (Å²) in [6, 6.07) is 17.8. The molecule has 0 aliphatic heterocycles. The van der Waals surface area contributed by atoms with Crippen molar-refractivity contribution >= 4 is 0 Å². The van der Waals surface area contributed by atoms with Gasteiger partial charge in [-0.3, -0.25) is 0 Å². The Balaban J connectivity index is 2.00. The largest absolute Gasteiger partial charge is 0.330 e. The number of hydrogen-bond donors (Lipinski definition) is 1. The van der Waals surface area contributed by atoms with Crippen molar-refractivity contribution in [3.8, 4) is 0 Å². The Morgan fingerprint density at radius 1 is 1.11 bits per heavy atom. The van der Waals surface area contributed by atoms with E-state index in [1.165, 1.54) is 22.3 Å². The van der Waals surface area contributed by atoms with E-state index in [4.69, 9.17) is 5.73 Å². The Kier molecular flexibility index (Phi) is 3.39. The fourth-order valence-electron chi connectivity index (χ4n) is 3.43. The van der Waals surface area contributed by atoms with E-state index in [1.807, 2.05) is 0 Å². The average molecular weight is 251 g/mol. The standard InChI is InChI=1S/C18H21N/c1-13-7-8-15-12-18(14-5-3-2-4-6-14)16(9-10-19)17(15)11-13/h2-8,11,16,18H,9-10,12,19H2,1H3. The quantitative estimate of drug-likeness (QED) is 0.883. The molecular formula is C18H21N. The molecule has 2 unspecified atom stereocenters. The molecule has 2 N–H and O–H groups in total. The van der Waals surface area contributed by atoms with Crippen LogP contribution in [0, 0.1) is 6.92 Å². The minimum Gasteiger partial charge on any atom is -0.330 e. The van der Waals surface area contributed by atoms with Crippen LogP contribution in [0.15, 0.2) is 48.5 Å². The minimum atomic E-state index is 0.585. The Morgan fingerprint density at radius 3 is 2.63 bits per heavy atom. The van der Waals surface area contributed by atoms with Gasteiger partial charge in [0.25, 0.3) is 0 Å². The topological polar surface area (TPSA) is 26.0 Å². The van der Waals surface area contributed by atoms with E-state index in [-0.39, 0.29) is 0 Å². The highest BCUT2D eigenvalue weighted by atomic mass is 14.5. The highest BCUT2D eigenvalue weighted by molar-refractivity contribution is 5.43. The van der Waals surface area contributed by atoms with Crippen LogP contribution in [0.3, 0.4) is 0 Å². The number of hydrogen-bond acceptors (Lipinski definition) is 1. The first-order valence-corrected chi connectivity index (χ1v) is 7.14. The monoisotopic (exact) mass is 251 g/mol. The van der Waals surface area contributed by atoms with Gasteiger partial charge >= 0.3 is 0 Å². The summed E-state index contributed by atoms with van der Waals surface area (Å²) in [7, 11) is 0. The molecule has 1 aliphatic rings. The Bertz CT molecular complexity index is 559. The molecule has 3 rings (SSSR count). The third kappa shape index (κ3) is 2.31. The predicted molar refractivity (Wildman–Crippen MR) is 80.5 cm³/mol. The molecule has 0 amide bonds. The summed E-state index contributed by atoms with van der Waals surface area (Å²) in [5.41, 5.74) is 11.7. The maximum atomic E-state index is 5.84. The van der Waals surface area contributed by atoms with E-state index in [0.29, 0.717) is 11.8 Å². The maximum absolute atomic E-state index is 5.84. The lowest BCUT2D eigenvalue weighted by Crippen LogP contribution is -2.11. The van der Waals surface area contributed by atoms with Gasteiger partial charge in [0.1, 0.15) is 0 Å². The van der Waals surface area contributed by atoms with Gasteiger partial charge < -0.3 is 5.73 Å². The van der Waals surface area contributed by atoms with E-state index in [1.54, 1.807) is 0 Å². The van der Waals surface area contributed by atoms with Crippen LogP contribution in [0.2, 0.25) is 0 Å². The number of fused-ring (bicyclic) bond motifs is 1. The van der Waals surface area contributed by atoms with E-state index < -0.39 is 0 Å². The molecule has 1 aliphatic carbocycles. The Hall–Kier alpha value is -1.60. The van der Waals surface area contributed by atoms with E-state index in [2.05, 4.69) is 55.5 Å². The van der Waals surface area contributed by atoms with Crippen LogP contribution in [-0.4, -0.2) is 6.54 Å². The summed E-state index contributed by atoms with van der Waals surface area (Å²) in [4.78, 5) is 0. The van der Waals surface area contributed by atoms with Crippen molar-refractivity contribution in [1.29, 1.82) is 0 Å². The number of aryl methyl sites for hydroxylation is 1. The lowest BCUT2D eigenvalue weighted by Gasteiger charge is -2.20. The smallest absolute Gasteiger partial charge is 0.00520 e. The molecule has 2 aromatic carbocycles. The molecule has 0 aromatic heterocycles. The first kappa shape index (κ1) is 12.4. The fourth-order valence-corrected chi connectivity index (χ4v) is 3.43. The van der Waals surface area contributed by atoms with Gasteiger partial charge in [0, 0.05) is 0 Å². The fraction of sp³-hybridized carbons (Fsp3) is 0.333. The van der Waals surface area contributed by atoms with E-state index in [0.717, 1.165) is 19.4 Å². The summed E-state index contributed by atoms with van der Waals surface area (Å²) in [6.45, 7) is 2.94. The Labute approximate surface area is 115 Å². The first-order valence-electron chi connectivity index (χ1n) is 7.14. The van der Waals surface area contributed by atoms with Gasteiger partial charge in [0.2, 0.25) is 0 Å². The lowest BCUT2D eigenvalue weighted by atomic mass is 9.84. The third-order valence-electron chi connectivity index (χ3n) is 4.33. The molecule has 98 valence electrons. The van der Waals surface area contributed by atoms with Crippen LogP contribution in [-0.2, 0) is 6.42 Å². The van der Waals surface area contributed by atoms with Crippen LogP contribution in [0.25, 0.3) is 0 Å². The zero-order valence-electron chi connectivity index (χ0n) is 11.5. The predicted octanol–water partition coefficient (Wildman–Crippen LogP) is 3.77. The number of rotatable bonds is 3. The van der Waals surface area contributed by atoms with Gasteiger partial charge in [-0.25, -0.2) is 0 Å². The molecule has 0 bridgehead atoms. The summed E-state index contributed by atoms with van der Waals surface area (Å²) in [5, 5.41) is 0. The minimum absolute atomic E-state index is 0.585. The molecule has 2 atom stereocenters. The van der Waals surface area contributed by atoms with Crippen LogP contribution < -0.4 is 5.73 Å².